The molecule has 0 aromatic carbocycles. The van der Waals surface area contributed by atoms with Gasteiger partial charge in [-0.15, -0.1) is 0 Å². The molecule has 200 valence electrons. The first-order valence-corrected chi connectivity index (χ1v) is 22.8. The molecule has 1 saturated heterocycles. The van der Waals surface area contributed by atoms with E-state index in [4.69, 9.17) is 13.3 Å². The summed E-state index contributed by atoms with van der Waals surface area (Å²) in [4.78, 5) is 0. The van der Waals surface area contributed by atoms with Crippen molar-refractivity contribution in [2.45, 2.75) is 161 Å². The second-order valence-corrected chi connectivity index (χ2v) is 21.2. The number of hydrogen-bond acceptors (Lipinski definition) is 3. The van der Waals surface area contributed by atoms with E-state index in [9.17, 15) is 0 Å². The molecule has 0 spiro atoms. The molecule has 1 heterocycles. The van der Waals surface area contributed by atoms with Crippen molar-refractivity contribution in [2.75, 3.05) is 13.7 Å². The van der Waals surface area contributed by atoms with Crippen LogP contribution in [0.15, 0.2) is 0 Å². The lowest BCUT2D eigenvalue weighted by molar-refractivity contribution is 0.0655. The Bertz CT molecular complexity index is 412. The van der Waals surface area contributed by atoms with Crippen LogP contribution in [-0.4, -0.2) is 45.8 Å². The number of rotatable bonds is 19. The van der Waals surface area contributed by atoms with Gasteiger partial charge in [0.15, 0.2) is 8.32 Å². The zero-order valence-corrected chi connectivity index (χ0v) is 27.4. The first-order chi connectivity index (χ1) is 15.8. The first-order valence-electron chi connectivity index (χ1n) is 14.6. The van der Waals surface area contributed by atoms with Gasteiger partial charge in [0.1, 0.15) is 0 Å². The van der Waals surface area contributed by atoms with E-state index in [1.165, 1.54) is 109 Å². The lowest BCUT2D eigenvalue weighted by Crippen LogP contribution is -2.46. The lowest BCUT2D eigenvalue weighted by atomic mass is 10.0. The van der Waals surface area contributed by atoms with Gasteiger partial charge in [0.25, 0.3) is 0 Å². The normalized spacial score (nSPS) is 18.8. The summed E-state index contributed by atoms with van der Waals surface area (Å²) in [5, 5.41) is 0. The minimum Gasteiger partial charge on any atom is -0.436 e. The molecule has 0 aliphatic carbocycles. The molecular formula is C27H62O3Si3. The quantitative estimate of drug-likeness (QED) is 0.126. The summed E-state index contributed by atoms with van der Waals surface area (Å²) in [6.07, 6.45) is 23.9. The molecule has 2 unspecified atom stereocenters. The van der Waals surface area contributed by atoms with E-state index in [2.05, 4.69) is 39.7 Å². The Labute approximate surface area is 213 Å². The molecule has 0 N–H and O–H groups in total. The topological polar surface area (TPSA) is 27.7 Å². The molecule has 0 aromatic heterocycles. The van der Waals surface area contributed by atoms with Gasteiger partial charge < -0.3 is 13.3 Å². The Morgan fingerprint density at radius 3 is 1.58 bits per heavy atom. The second kappa shape index (κ2) is 21.8. The van der Waals surface area contributed by atoms with Gasteiger partial charge in [0.05, 0.1) is 9.52 Å². The average Bonchev–Trinajstić information content (AvgIpc) is 2.79. The summed E-state index contributed by atoms with van der Waals surface area (Å²) in [7, 11) is -1.39. The van der Waals surface area contributed by atoms with E-state index in [1.807, 2.05) is 7.11 Å². The summed E-state index contributed by atoms with van der Waals surface area (Å²) in [6.45, 7) is 14.7. The minimum absolute atomic E-state index is 0.146. The Morgan fingerprint density at radius 1 is 0.758 bits per heavy atom. The fourth-order valence-corrected chi connectivity index (χ4v) is 12.7. The molecule has 1 rings (SSSR count). The van der Waals surface area contributed by atoms with Crippen LogP contribution in [-0.2, 0) is 13.3 Å². The number of hydrogen-bond donors (Lipinski definition) is 0. The molecule has 0 saturated carbocycles. The van der Waals surface area contributed by atoms with Crippen LogP contribution in [0.4, 0.5) is 0 Å². The average molecular weight is 519 g/mol. The van der Waals surface area contributed by atoms with Crippen LogP contribution < -0.4 is 0 Å². The van der Waals surface area contributed by atoms with E-state index in [0.29, 0.717) is 0 Å². The molecule has 1 aliphatic rings. The van der Waals surface area contributed by atoms with Crippen molar-refractivity contribution in [2.24, 2.45) is 0 Å². The van der Waals surface area contributed by atoms with Gasteiger partial charge in [-0.3, -0.25) is 0 Å². The van der Waals surface area contributed by atoms with E-state index in [-0.39, 0.29) is 9.52 Å². The van der Waals surface area contributed by atoms with E-state index in [1.54, 1.807) is 0 Å². The van der Waals surface area contributed by atoms with Gasteiger partial charge in [-0.1, -0.05) is 103 Å². The molecule has 0 bridgehead atoms. The van der Waals surface area contributed by atoms with Gasteiger partial charge >= 0.3 is 8.56 Å². The molecule has 0 aromatic rings. The largest absolute Gasteiger partial charge is 0.436 e. The zero-order chi connectivity index (χ0) is 24.8. The van der Waals surface area contributed by atoms with Crippen molar-refractivity contribution in [3.05, 3.63) is 0 Å². The standard InChI is InChI=1S/C21H48O2Si2.C6H14OSi/c1-7-8-9-10-11-12-13-14-15-16-17-18-19-20-21-25(6,22-2)23-24(3,4)5;1-8-6-4-2-3-5-7-6/h7-21H2,1-6H3;6H,2-5,8H2,1H3. The molecule has 1 fully saturated rings. The van der Waals surface area contributed by atoms with Crippen LogP contribution in [0.5, 0.6) is 0 Å². The van der Waals surface area contributed by atoms with Gasteiger partial charge in [0.2, 0.25) is 0 Å². The lowest BCUT2D eigenvalue weighted by Gasteiger charge is -2.32. The second-order valence-electron chi connectivity index (χ2n) is 11.3. The smallest absolute Gasteiger partial charge is 0.324 e. The van der Waals surface area contributed by atoms with Crippen molar-refractivity contribution < 1.29 is 13.3 Å². The van der Waals surface area contributed by atoms with Crippen LogP contribution in [0.2, 0.25) is 38.8 Å². The van der Waals surface area contributed by atoms with Gasteiger partial charge in [0, 0.05) is 19.4 Å². The molecular weight excluding hydrogens is 457 g/mol. The highest BCUT2D eigenvalue weighted by Crippen LogP contribution is 2.22. The molecule has 0 radical (unpaired) electrons. The van der Waals surface area contributed by atoms with Crippen molar-refractivity contribution >= 4 is 26.4 Å². The SMILES string of the molecule is CCCCCCCCCCCCCCCC[Si](C)(OC)O[Si](C)(C)C.C[SiH2]C1CCCCO1. The maximum atomic E-state index is 6.34. The van der Waals surface area contributed by atoms with Crippen molar-refractivity contribution in [3.8, 4) is 0 Å². The van der Waals surface area contributed by atoms with E-state index >= 15 is 0 Å². The molecule has 2 atom stereocenters. The maximum absolute atomic E-state index is 6.34. The van der Waals surface area contributed by atoms with Crippen molar-refractivity contribution in [3.63, 3.8) is 0 Å². The summed E-state index contributed by atoms with van der Waals surface area (Å²) < 4.78 is 17.6. The van der Waals surface area contributed by atoms with Crippen LogP contribution >= 0.6 is 0 Å². The molecule has 33 heavy (non-hydrogen) atoms. The van der Waals surface area contributed by atoms with Crippen molar-refractivity contribution in [1.82, 2.24) is 0 Å². The minimum atomic E-state index is -1.90. The van der Waals surface area contributed by atoms with Gasteiger partial charge in [-0.25, -0.2) is 0 Å². The predicted octanol–water partition coefficient (Wildman–Crippen LogP) is 8.77. The van der Waals surface area contributed by atoms with E-state index < -0.39 is 16.9 Å². The molecule has 1 aliphatic heterocycles. The molecule has 0 amide bonds. The van der Waals surface area contributed by atoms with Gasteiger partial charge in [-0.2, -0.15) is 0 Å². The summed E-state index contributed by atoms with van der Waals surface area (Å²) in [5.74, 6) is 0. The first kappa shape index (κ1) is 33.5. The third kappa shape index (κ3) is 22.7. The highest BCUT2D eigenvalue weighted by atomic mass is 28.4. The predicted molar refractivity (Wildman–Crippen MR) is 156 cm³/mol. The monoisotopic (exact) mass is 518 g/mol. The third-order valence-electron chi connectivity index (χ3n) is 6.67. The highest BCUT2D eigenvalue weighted by Gasteiger charge is 2.34. The molecule has 6 heteroatoms. The van der Waals surface area contributed by atoms with Crippen LogP contribution in [0.3, 0.4) is 0 Å². The van der Waals surface area contributed by atoms with Crippen LogP contribution in [0, 0.1) is 0 Å². The maximum Gasteiger partial charge on any atom is 0.324 e. The number of ether oxygens (including phenoxy) is 1. The fourth-order valence-electron chi connectivity index (χ4n) is 4.61. The Kier molecular flexibility index (Phi) is 22.1. The van der Waals surface area contributed by atoms with Crippen molar-refractivity contribution in [1.29, 1.82) is 0 Å². The highest BCUT2D eigenvalue weighted by molar-refractivity contribution is 6.81. The fraction of sp³-hybridized carbons (Fsp3) is 1.00. The van der Waals surface area contributed by atoms with Crippen LogP contribution in [0.25, 0.3) is 0 Å². The molecule has 3 nitrogen and oxygen atoms in total. The Morgan fingerprint density at radius 2 is 1.24 bits per heavy atom. The van der Waals surface area contributed by atoms with Crippen LogP contribution in [0.1, 0.15) is 116 Å². The Hall–Kier alpha value is 0.531. The number of unbranched alkanes of at least 4 members (excludes halogenated alkanes) is 13. The summed E-state index contributed by atoms with van der Waals surface area (Å²) >= 11 is 0. The Balaban J connectivity index is 0.00000106. The third-order valence-corrected chi connectivity index (χ3v) is 14.5. The van der Waals surface area contributed by atoms with Gasteiger partial charge in [-0.05, 0) is 51.5 Å². The van der Waals surface area contributed by atoms with E-state index in [0.717, 1.165) is 18.4 Å². The summed E-state index contributed by atoms with van der Waals surface area (Å²) in [5.41, 5.74) is 0.726. The summed E-state index contributed by atoms with van der Waals surface area (Å²) in [6, 6.07) is 1.16. The zero-order valence-electron chi connectivity index (χ0n) is 23.9.